The van der Waals surface area contributed by atoms with Crippen LogP contribution in [-0.2, 0) is 6.73 Å². The van der Waals surface area contributed by atoms with Crippen molar-refractivity contribution in [3.63, 3.8) is 0 Å². The largest absolute Gasteiger partial charge is 0.471 e. The quantitative estimate of drug-likeness (QED) is 0.314. The van der Waals surface area contributed by atoms with E-state index in [2.05, 4.69) is 34.0 Å². The summed E-state index contributed by atoms with van der Waals surface area (Å²) in [6.07, 6.45) is 1.66. The number of rotatable bonds is 9. The number of hydrogen-bond acceptors (Lipinski definition) is 6. The highest BCUT2D eigenvalue weighted by atomic mass is 32.1. The van der Waals surface area contributed by atoms with E-state index in [9.17, 15) is 13.6 Å². The third-order valence-electron chi connectivity index (χ3n) is 4.88. The number of amides is 1. The number of benzene rings is 2. The summed E-state index contributed by atoms with van der Waals surface area (Å²) in [4.78, 5) is 16.9. The van der Waals surface area contributed by atoms with E-state index in [1.807, 2.05) is 24.3 Å². The van der Waals surface area contributed by atoms with Gasteiger partial charge < -0.3 is 9.47 Å². The molecule has 0 aliphatic heterocycles. The van der Waals surface area contributed by atoms with Gasteiger partial charge >= 0.3 is 6.61 Å². The Labute approximate surface area is 199 Å². The Morgan fingerprint density at radius 1 is 1.06 bits per heavy atom. The Morgan fingerprint density at radius 2 is 1.76 bits per heavy atom. The Balaban J connectivity index is 1.32. The van der Waals surface area contributed by atoms with Crippen LogP contribution in [0, 0.1) is 0 Å². The van der Waals surface area contributed by atoms with Gasteiger partial charge in [0.25, 0.3) is 5.91 Å². The summed E-state index contributed by atoms with van der Waals surface area (Å²) in [5.41, 5.74) is 2.77. The molecule has 0 unspecified atom stereocenters. The van der Waals surface area contributed by atoms with Gasteiger partial charge in [0, 0.05) is 17.1 Å². The summed E-state index contributed by atoms with van der Waals surface area (Å²) in [7, 11) is 0. The first-order valence-corrected chi connectivity index (χ1v) is 11.3. The molecule has 2 heterocycles. The first kappa shape index (κ1) is 23.4. The highest BCUT2D eigenvalue weighted by Gasteiger charge is 2.13. The summed E-state index contributed by atoms with van der Waals surface area (Å²) in [5.74, 6) is 0.828. The van der Waals surface area contributed by atoms with Crippen LogP contribution >= 0.6 is 11.3 Å². The van der Waals surface area contributed by atoms with Crippen molar-refractivity contribution in [1.29, 1.82) is 0 Å². The number of hydrogen-bond donors (Lipinski definition) is 1. The molecule has 0 spiro atoms. The lowest BCUT2D eigenvalue weighted by atomic mass is 10.0. The van der Waals surface area contributed by atoms with E-state index >= 15 is 0 Å². The van der Waals surface area contributed by atoms with Gasteiger partial charge in [0.2, 0.25) is 0 Å². The first-order valence-electron chi connectivity index (χ1n) is 10.5. The summed E-state index contributed by atoms with van der Waals surface area (Å²) in [6, 6.07) is 15.6. The van der Waals surface area contributed by atoms with E-state index in [1.54, 1.807) is 29.8 Å². The molecule has 176 valence electrons. The average Bonchev–Trinajstić information content (AvgIpc) is 3.48. The third-order valence-corrected chi connectivity index (χ3v) is 5.64. The fraction of sp³-hybridized carbons (Fsp3) is 0.208. The Bertz CT molecular complexity index is 1240. The van der Waals surface area contributed by atoms with Gasteiger partial charge in [-0.1, -0.05) is 26.0 Å². The molecule has 34 heavy (non-hydrogen) atoms. The second-order valence-corrected chi connectivity index (χ2v) is 8.49. The van der Waals surface area contributed by atoms with Crippen LogP contribution in [0.3, 0.4) is 0 Å². The van der Waals surface area contributed by atoms with Gasteiger partial charge in [0.15, 0.2) is 17.6 Å². The second kappa shape index (κ2) is 10.4. The van der Waals surface area contributed by atoms with E-state index in [0.29, 0.717) is 22.3 Å². The monoisotopic (exact) mass is 484 g/mol. The van der Waals surface area contributed by atoms with Gasteiger partial charge in [-0.05, 0) is 53.9 Å². The average molecular weight is 485 g/mol. The van der Waals surface area contributed by atoms with Crippen molar-refractivity contribution in [3.8, 4) is 22.8 Å². The Morgan fingerprint density at radius 3 is 2.44 bits per heavy atom. The molecule has 0 aliphatic rings. The van der Waals surface area contributed by atoms with Crippen LogP contribution in [0.25, 0.3) is 11.3 Å². The SMILES string of the molecule is CC(C)c1ccc(OCn2ccc(C(=O)Nc3nc(-c4ccc(OC(F)F)cc4)cs3)n2)cc1. The molecule has 2 aromatic heterocycles. The van der Waals surface area contributed by atoms with E-state index in [4.69, 9.17) is 4.74 Å². The molecule has 0 aliphatic carbocycles. The molecule has 1 N–H and O–H groups in total. The topological polar surface area (TPSA) is 78.3 Å². The van der Waals surface area contributed by atoms with Gasteiger partial charge in [-0.25, -0.2) is 9.67 Å². The van der Waals surface area contributed by atoms with Crippen LogP contribution in [-0.4, -0.2) is 27.3 Å². The maximum atomic E-state index is 12.5. The van der Waals surface area contributed by atoms with Crippen molar-refractivity contribution < 1.29 is 23.0 Å². The molecule has 7 nitrogen and oxygen atoms in total. The maximum Gasteiger partial charge on any atom is 0.387 e. The number of thiazole rings is 1. The molecular weight excluding hydrogens is 462 g/mol. The summed E-state index contributed by atoms with van der Waals surface area (Å²) in [6.45, 7) is 1.55. The molecule has 10 heteroatoms. The fourth-order valence-electron chi connectivity index (χ4n) is 3.08. The third kappa shape index (κ3) is 5.96. The van der Waals surface area contributed by atoms with Gasteiger partial charge in [-0.2, -0.15) is 13.9 Å². The zero-order chi connectivity index (χ0) is 24.1. The minimum Gasteiger partial charge on any atom is -0.471 e. The Kier molecular flexibility index (Phi) is 7.17. The highest BCUT2D eigenvalue weighted by Crippen LogP contribution is 2.27. The van der Waals surface area contributed by atoms with Crippen molar-refractivity contribution in [1.82, 2.24) is 14.8 Å². The minimum absolute atomic E-state index is 0.0645. The van der Waals surface area contributed by atoms with Gasteiger partial charge in [0.05, 0.1) is 5.69 Å². The van der Waals surface area contributed by atoms with E-state index in [-0.39, 0.29) is 18.2 Å². The molecule has 0 fully saturated rings. The molecule has 4 aromatic rings. The maximum absolute atomic E-state index is 12.5. The molecular formula is C24H22F2N4O3S. The molecule has 0 saturated heterocycles. The molecule has 0 atom stereocenters. The lowest BCUT2D eigenvalue weighted by Crippen LogP contribution is -2.14. The molecule has 0 saturated carbocycles. The van der Waals surface area contributed by atoms with Crippen LogP contribution < -0.4 is 14.8 Å². The van der Waals surface area contributed by atoms with Crippen LogP contribution in [0.5, 0.6) is 11.5 Å². The molecule has 0 radical (unpaired) electrons. The number of ether oxygens (including phenoxy) is 2. The molecule has 2 aromatic carbocycles. The highest BCUT2D eigenvalue weighted by molar-refractivity contribution is 7.14. The number of carbonyl (C=O) groups excluding carboxylic acids is 1. The van der Waals surface area contributed by atoms with Gasteiger partial charge in [-0.3, -0.25) is 10.1 Å². The molecule has 1 amide bonds. The predicted molar refractivity (Wildman–Crippen MR) is 126 cm³/mol. The molecule has 0 bridgehead atoms. The van der Waals surface area contributed by atoms with Crippen molar-refractivity contribution in [2.24, 2.45) is 0 Å². The fourth-order valence-corrected chi connectivity index (χ4v) is 3.79. The smallest absolute Gasteiger partial charge is 0.387 e. The van der Waals surface area contributed by atoms with Crippen LogP contribution in [0.15, 0.2) is 66.2 Å². The standard InChI is InChI=1S/C24H22F2N4O3S/c1-15(2)16-3-7-18(8-4-16)32-14-30-12-11-20(29-30)22(31)28-24-27-21(13-34-24)17-5-9-19(10-6-17)33-23(25)26/h3-13,15,23H,14H2,1-2H3,(H,27,28,31). The zero-order valence-electron chi connectivity index (χ0n) is 18.4. The number of halogens is 2. The van der Waals surface area contributed by atoms with Crippen LogP contribution in [0.1, 0.15) is 35.8 Å². The van der Waals surface area contributed by atoms with Crippen molar-refractivity contribution in [2.45, 2.75) is 33.1 Å². The number of aromatic nitrogens is 3. The van der Waals surface area contributed by atoms with E-state index in [0.717, 1.165) is 5.75 Å². The van der Waals surface area contributed by atoms with Crippen molar-refractivity contribution in [3.05, 3.63) is 77.4 Å². The lowest BCUT2D eigenvalue weighted by Gasteiger charge is -2.09. The first-order chi connectivity index (χ1) is 16.4. The zero-order valence-corrected chi connectivity index (χ0v) is 19.3. The predicted octanol–water partition coefficient (Wildman–Crippen LogP) is 6.02. The summed E-state index contributed by atoms with van der Waals surface area (Å²) < 4.78 is 36.2. The van der Waals surface area contributed by atoms with Crippen LogP contribution in [0.4, 0.5) is 13.9 Å². The van der Waals surface area contributed by atoms with E-state index in [1.165, 1.54) is 33.7 Å². The van der Waals surface area contributed by atoms with Crippen molar-refractivity contribution in [2.75, 3.05) is 5.32 Å². The number of carbonyl (C=O) groups is 1. The number of nitrogens with one attached hydrogen (secondary N) is 1. The Hall–Kier alpha value is -3.79. The number of nitrogens with zero attached hydrogens (tertiary/aromatic N) is 3. The van der Waals surface area contributed by atoms with Crippen molar-refractivity contribution >= 4 is 22.4 Å². The minimum atomic E-state index is -2.88. The lowest BCUT2D eigenvalue weighted by molar-refractivity contribution is -0.0498. The van der Waals surface area contributed by atoms with E-state index < -0.39 is 12.5 Å². The number of anilines is 1. The van der Waals surface area contributed by atoms with Gasteiger partial charge in [-0.15, -0.1) is 11.3 Å². The summed E-state index contributed by atoms with van der Waals surface area (Å²) >= 11 is 1.25. The van der Waals surface area contributed by atoms with Crippen LogP contribution in [0.2, 0.25) is 0 Å². The van der Waals surface area contributed by atoms with Gasteiger partial charge in [0.1, 0.15) is 11.5 Å². The summed E-state index contributed by atoms with van der Waals surface area (Å²) in [5, 5.41) is 9.12. The molecule has 4 rings (SSSR count). The second-order valence-electron chi connectivity index (χ2n) is 7.63. The normalized spacial score (nSPS) is 11.1. The number of alkyl halides is 2.